The second-order valence-corrected chi connectivity index (χ2v) is 9.52. The van der Waals surface area contributed by atoms with Gasteiger partial charge in [-0.25, -0.2) is 9.97 Å². The van der Waals surface area contributed by atoms with Crippen LogP contribution in [0, 0.1) is 5.92 Å². The number of carbonyl (C=O) groups excluding carboxylic acids is 1. The van der Waals surface area contributed by atoms with Crippen molar-refractivity contribution in [2.24, 2.45) is 11.7 Å². The van der Waals surface area contributed by atoms with E-state index in [1.54, 1.807) is 6.07 Å². The summed E-state index contributed by atoms with van der Waals surface area (Å²) in [6, 6.07) is 12.6. The Bertz CT molecular complexity index is 1210. The molecule has 3 N–H and O–H groups in total. The highest BCUT2D eigenvalue weighted by Gasteiger charge is 2.30. The van der Waals surface area contributed by atoms with Gasteiger partial charge in [-0.1, -0.05) is 44.2 Å². The van der Waals surface area contributed by atoms with Crippen molar-refractivity contribution >= 4 is 22.6 Å². The third-order valence-corrected chi connectivity index (χ3v) is 6.41. The van der Waals surface area contributed by atoms with E-state index in [0.717, 1.165) is 43.1 Å². The van der Waals surface area contributed by atoms with Gasteiger partial charge in [0.1, 0.15) is 17.7 Å². The number of aromatic nitrogens is 2. The Labute approximate surface area is 208 Å². The molecule has 2 heterocycles. The SMILES string of the molecule is CC(C)[C@H](Nc1nc(CN2CCN(Cc3cccc(C(F)(F)F)c3)CC2)nc2ccccc12)C(N)=O. The summed E-state index contributed by atoms with van der Waals surface area (Å²) in [5, 5.41) is 4.03. The Morgan fingerprint density at radius 3 is 2.31 bits per heavy atom. The Morgan fingerprint density at radius 1 is 1.00 bits per heavy atom. The molecule has 192 valence electrons. The molecular weight excluding hydrogens is 469 g/mol. The van der Waals surface area contributed by atoms with Gasteiger partial charge in [0.2, 0.25) is 5.91 Å². The first kappa shape index (κ1) is 25.8. The number of hydrogen-bond donors (Lipinski definition) is 2. The largest absolute Gasteiger partial charge is 0.416 e. The molecule has 1 amide bonds. The van der Waals surface area contributed by atoms with Crippen LogP contribution in [-0.2, 0) is 24.1 Å². The average Bonchev–Trinajstić information content (AvgIpc) is 2.83. The number of fused-ring (bicyclic) bond motifs is 1. The van der Waals surface area contributed by atoms with Crippen molar-refractivity contribution < 1.29 is 18.0 Å². The summed E-state index contributed by atoms with van der Waals surface area (Å²) in [6.07, 6.45) is -4.34. The number of nitrogens with two attached hydrogens (primary N) is 1. The Hall–Kier alpha value is -3.24. The highest BCUT2D eigenvalue weighted by molar-refractivity contribution is 5.91. The maximum Gasteiger partial charge on any atom is 0.416 e. The second-order valence-electron chi connectivity index (χ2n) is 9.52. The zero-order valence-electron chi connectivity index (χ0n) is 20.4. The highest BCUT2D eigenvalue weighted by Crippen LogP contribution is 2.30. The lowest BCUT2D eigenvalue weighted by Gasteiger charge is -2.34. The van der Waals surface area contributed by atoms with Crippen molar-refractivity contribution in [3.05, 3.63) is 65.5 Å². The molecule has 1 saturated heterocycles. The van der Waals surface area contributed by atoms with Gasteiger partial charge in [-0.2, -0.15) is 13.2 Å². The molecule has 1 atom stereocenters. The first-order valence-electron chi connectivity index (χ1n) is 12.0. The molecule has 0 unspecified atom stereocenters. The minimum absolute atomic E-state index is 0.00965. The van der Waals surface area contributed by atoms with Crippen LogP contribution in [0.1, 0.15) is 30.8 Å². The third kappa shape index (κ3) is 6.30. The quantitative estimate of drug-likeness (QED) is 0.488. The van der Waals surface area contributed by atoms with Crippen LogP contribution < -0.4 is 11.1 Å². The smallest absolute Gasteiger partial charge is 0.368 e. The van der Waals surface area contributed by atoms with Crippen molar-refractivity contribution in [1.82, 2.24) is 19.8 Å². The molecule has 1 aromatic heterocycles. The summed E-state index contributed by atoms with van der Waals surface area (Å²) in [7, 11) is 0. The molecule has 36 heavy (non-hydrogen) atoms. The van der Waals surface area contributed by atoms with Crippen LogP contribution in [0.5, 0.6) is 0 Å². The van der Waals surface area contributed by atoms with Crippen LogP contribution in [0.25, 0.3) is 10.9 Å². The Balaban J connectivity index is 1.43. The Morgan fingerprint density at radius 2 is 1.67 bits per heavy atom. The number of hydrogen-bond acceptors (Lipinski definition) is 6. The van der Waals surface area contributed by atoms with E-state index in [0.29, 0.717) is 30.3 Å². The van der Waals surface area contributed by atoms with Crippen molar-refractivity contribution in [2.45, 2.75) is 39.2 Å². The lowest BCUT2D eigenvalue weighted by Crippen LogP contribution is -2.45. The predicted octanol–water partition coefficient (Wildman–Crippen LogP) is 3.89. The van der Waals surface area contributed by atoms with Gasteiger partial charge in [0.15, 0.2) is 0 Å². The molecule has 0 bridgehead atoms. The van der Waals surface area contributed by atoms with Crippen molar-refractivity contribution in [1.29, 1.82) is 0 Å². The molecule has 1 aliphatic heterocycles. The van der Waals surface area contributed by atoms with Gasteiger partial charge in [-0.05, 0) is 29.7 Å². The fraction of sp³-hybridized carbons (Fsp3) is 0.423. The molecule has 0 radical (unpaired) electrons. The molecule has 0 spiro atoms. The van der Waals surface area contributed by atoms with E-state index in [4.69, 9.17) is 15.7 Å². The average molecular weight is 501 g/mol. The molecule has 7 nitrogen and oxygen atoms in total. The predicted molar refractivity (Wildman–Crippen MR) is 133 cm³/mol. The van der Waals surface area contributed by atoms with Crippen LogP contribution in [-0.4, -0.2) is 57.9 Å². The monoisotopic (exact) mass is 500 g/mol. The first-order chi connectivity index (χ1) is 17.1. The number of halogens is 3. The highest BCUT2D eigenvalue weighted by atomic mass is 19.4. The topological polar surface area (TPSA) is 87.4 Å². The van der Waals surface area contributed by atoms with Gasteiger partial charge >= 0.3 is 6.18 Å². The standard InChI is InChI=1S/C26H31F3N6O/c1-17(2)23(24(30)36)33-25-20-8-3-4-9-21(20)31-22(32-25)16-35-12-10-34(11-13-35)15-18-6-5-7-19(14-18)26(27,28)29/h3-9,14,17,23H,10-13,15-16H2,1-2H3,(H2,30,36)(H,31,32,33)/t23-/m0/s1. The summed E-state index contributed by atoms with van der Waals surface area (Å²) >= 11 is 0. The van der Waals surface area contributed by atoms with E-state index in [-0.39, 0.29) is 5.92 Å². The van der Waals surface area contributed by atoms with Crippen LogP contribution >= 0.6 is 0 Å². The normalized spacial score (nSPS) is 16.4. The van der Waals surface area contributed by atoms with Gasteiger partial charge in [0.05, 0.1) is 17.6 Å². The van der Waals surface area contributed by atoms with Gasteiger partial charge in [-0.15, -0.1) is 0 Å². The number of carbonyl (C=O) groups is 1. The van der Waals surface area contributed by atoms with Crippen LogP contribution in [0.15, 0.2) is 48.5 Å². The van der Waals surface area contributed by atoms with E-state index >= 15 is 0 Å². The number of anilines is 1. The minimum Gasteiger partial charge on any atom is -0.368 e. The number of amides is 1. The first-order valence-corrected chi connectivity index (χ1v) is 12.0. The number of alkyl halides is 3. The molecule has 3 aromatic rings. The fourth-order valence-electron chi connectivity index (χ4n) is 4.43. The van der Waals surface area contributed by atoms with Crippen molar-refractivity contribution in [3.63, 3.8) is 0 Å². The maximum absolute atomic E-state index is 13.0. The van der Waals surface area contributed by atoms with E-state index in [1.165, 1.54) is 12.1 Å². The number of nitrogens with zero attached hydrogens (tertiary/aromatic N) is 4. The number of benzene rings is 2. The zero-order chi connectivity index (χ0) is 25.9. The zero-order valence-corrected chi connectivity index (χ0v) is 20.4. The summed E-state index contributed by atoms with van der Waals surface area (Å²) < 4.78 is 39.1. The second kappa shape index (κ2) is 10.8. The van der Waals surface area contributed by atoms with Gasteiger partial charge in [-0.3, -0.25) is 14.6 Å². The molecule has 10 heteroatoms. The number of piperazine rings is 1. The van der Waals surface area contributed by atoms with Crippen molar-refractivity contribution in [3.8, 4) is 0 Å². The van der Waals surface area contributed by atoms with Crippen LogP contribution in [0.2, 0.25) is 0 Å². The van der Waals surface area contributed by atoms with Crippen LogP contribution in [0.3, 0.4) is 0 Å². The summed E-state index contributed by atoms with van der Waals surface area (Å²) in [6.45, 7) is 7.79. The molecule has 1 fully saturated rings. The molecule has 0 saturated carbocycles. The number of rotatable bonds is 8. The van der Waals surface area contributed by atoms with Gasteiger partial charge < -0.3 is 11.1 Å². The molecular formula is C26H31F3N6O. The van der Waals surface area contributed by atoms with Gasteiger partial charge in [0, 0.05) is 38.1 Å². The van der Waals surface area contributed by atoms with E-state index < -0.39 is 23.7 Å². The number of primary amides is 1. The lowest BCUT2D eigenvalue weighted by atomic mass is 10.0. The third-order valence-electron chi connectivity index (χ3n) is 6.41. The number of para-hydroxylation sites is 1. The van der Waals surface area contributed by atoms with E-state index in [9.17, 15) is 18.0 Å². The summed E-state index contributed by atoms with van der Waals surface area (Å²) in [5.41, 5.74) is 6.41. The van der Waals surface area contributed by atoms with E-state index in [2.05, 4.69) is 15.1 Å². The molecule has 1 aliphatic rings. The molecule has 4 rings (SSSR count). The summed E-state index contributed by atoms with van der Waals surface area (Å²) in [4.78, 5) is 25.8. The molecule has 2 aromatic carbocycles. The number of nitrogens with one attached hydrogen (secondary N) is 1. The summed E-state index contributed by atoms with van der Waals surface area (Å²) in [5.74, 6) is 0.765. The fourth-order valence-corrected chi connectivity index (χ4v) is 4.43. The maximum atomic E-state index is 13.0. The van der Waals surface area contributed by atoms with Gasteiger partial charge in [0.25, 0.3) is 0 Å². The van der Waals surface area contributed by atoms with Crippen LogP contribution in [0.4, 0.5) is 19.0 Å². The van der Waals surface area contributed by atoms with Crippen molar-refractivity contribution in [2.75, 3.05) is 31.5 Å². The van der Waals surface area contributed by atoms with E-state index in [1.807, 2.05) is 38.1 Å². The Kier molecular flexibility index (Phi) is 7.75. The lowest BCUT2D eigenvalue weighted by molar-refractivity contribution is -0.137. The molecule has 0 aliphatic carbocycles. The minimum atomic E-state index is -4.34.